The van der Waals surface area contributed by atoms with Crippen molar-refractivity contribution in [2.75, 3.05) is 0 Å². The van der Waals surface area contributed by atoms with Gasteiger partial charge in [0.2, 0.25) is 10.0 Å². The van der Waals surface area contributed by atoms with E-state index in [0.29, 0.717) is 17.9 Å². The Balaban J connectivity index is 2.10. The van der Waals surface area contributed by atoms with Crippen LogP contribution in [0.2, 0.25) is 0 Å². The van der Waals surface area contributed by atoms with Gasteiger partial charge in [0.05, 0.1) is 11.8 Å². The molecule has 0 spiro atoms. The van der Waals surface area contributed by atoms with Crippen LogP contribution in [-0.4, -0.2) is 23.2 Å². The van der Waals surface area contributed by atoms with E-state index in [9.17, 15) is 8.42 Å². The zero-order valence-corrected chi connectivity index (χ0v) is 12.8. The molecule has 0 radical (unpaired) electrons. The van der Waals surface area contributed by atoms with Crippen LogP contribution < -0.4 is 10.5 Å². The monoisotopic (exact) mass is 309 g/mol. The van der Waals surface area contributed by atoms with Crippen LogP contribution in [-0.2, 0) is 29.4 Å². The van der Waals surface area contributed by atoms with E-state index in [2.05, 4.69) is 14.9 Å². The molecule has 0 saturated heterocycles. The first-order chi connectivity index (χ1) is 9.91. The fraction of sp³-hybridized carbons (Fsp3) is 0.385. The molecule has 0 fully saturated rings. The second-order valence-electron chi connectivity index (χ2n) is 4.92. The molecule has 21 heavy (non-hydrogen) atoms. The van der Waals surface area contributed by atoms with Crippen molar-refractivity contribution in [1.29, 1.82) is 0 Å². The van der Waals surface area contributed by atoms with Crippen LogP contribution in [0.25, 0.3) is 0 Å². The van der Waals surface area contributed by atoms with Crippen molar-refractivity contribution < 1.29 is 8.42 Å². The zero-order chi connectivity index (χ0) is 15.5. The summed E-state index contributed by atoms with van der Waals surface area (Å²) in [5.41, 5.74) is 7.17. The largest absolute Gasteiger partial charge is 0.326 e. The van der Waals surface area contributed by atoms with Gasteiger partial charge in [-0.15, -0.1) is 10.2 Å². The molecule has 0 amide bonds. The molecule has 8 heteroatoms. The van der Waals surface area contributed by atoms with Crippen molar-refractivity contribution >= 4 is 10.0 Å². The normalized spacial score (nSPS) is 13.3. The van der Waals surface area contributed by atoms with E-state index in [-0.39, 0.29) is 5.75 Å². The van der Waals surface area contributed by atoms with Crippen LogP contribution in [0.15, 0.2) is 30.6 Å². The summed E-state index contributed by atoms with van der Waals surface area (Å²) in [7, 11) is -1.70. The van der Waals surface area contributed by atoms with E-state index in [4.69, 9.17) is 5.73 Å². The van der Waals surface area contributed by atoms with Gasteiger partial charge in [-0.25, -0.2) is 13.1 Å². The van der Waals surface area contributed by atoms with E-state index >= 15 is 0 Å². The average Bonchev–Trinajstić information content (AvgIpc) is 2.84. The maximum Gasteiger partial charge on any atom is 0.216 e. The van der Waals surface area contributed by atoms with Crippen LogP contribution in [0, 0.1) is 0 Å². The summed E-state index contributed by atoms with van der Waals surface area (Å²) in [5, 5.41) is 7.65. The van der Waals surface area contributed by atoms with Gasteiger partial charge in [-0.1, -0.05) is 24.3 Å². The van der Waals surface area contributed by atoms with Gasteiger partial charge >= 0.3 is 0 Å². The number of aromatic nitrogens is 3. The van der Waals surface area contributed by atoms with Crippen molar-refractivity contribution in [2.24, 2.45) is 12.8 Å². The molecule has 1 heterocycles. The first-order valence-corrected chi connectivity index (χ1v) is 8.18. The smallest absolute Gasteiger partial charge is 0.216 e. The van der Waals surface area contributed by atoms with Gasteiger partial charge in [-0.3, -0.25) is 0 Å². The highest BCUT2D eigenvalue weighted by Gasteiger charge is 2.19. The predicted octanol–water partition coefficient (Wildman–Crippen LogP) is 0.454. The van der Waals surface area contributed by atoms with Crippen LogP contribution in [0.4, 0.5) is 0 Å². The number of sulfonamides is 1. The minimum atomic E-state index is -3.47. The number of nitrogens with one attached hydrogen (secondary N) is 1. The molecule has 0 aliphatic carbocycles. The Morgan fingerprint density at radius 1 is 1.38 bits per heavy atom. The summed E-state index contributed by atoms with van der Waals surface area (Å²) in [6.07, 6.45) is 1.53. The lowest BCUT2D eigenvalue weighted by atomic mass is 10.1. The van der Waals surface area contributed by atoms with E-state index in [1.54, 1.807) is 36.7 Å². The lowest BCUT2D eigenvalue weighted by Gasteiger charge is -2.13. The number of hydrogen-bond donors (Lipinski definition) is 2. The molecule has 0 aliphatic rings. The fourth-order valence-electron chi connectivity index (χ4n) is 2.11. The molecular weight excluding hydrogens is 290 g/mol. The van der Waals surface area contributed by atoms with Gasteiger partial charge in [-0.2, -0.15) is 0 Å². The van der Waals surface area contributed by atoms with Crippen LogP contribution >= 0.6 is 0 Å². The molecule has 2 aromatic rings. The summed E-state index contributed by atoms with van der Waals surface area (Å²) in [4.78, 5) is 0. The van der Waals surface area contributed by atoms with Gasteiger partial charge in [0.25, 0.3) is 0 Å². The predicted molar refractivity (Wildman–Crippen MR) is 79.5 cm³/mol. The molecule has 2 rings (SSSR count). The Morgan fingerprint density at radius 3 is 2.71 bits per heavy atom. The van der Waals surface area contributed by atoms with Crippen molar-refractivity contribution in [3.05, 3.63) is 47.5 Å². The number of benzene rings is 1. The van der Waals surface area contributed by atoms with E-state index < -0.39 is 16.1 Å². The molecule has 7 nitrogen and oxygen atoms in total. The van der Waals surface area contributed by atoms with E-state index in [1.807, 2.05) is 6.07 Å². The van der Waals surface area contributed by atoms with Gasteiger partial charge in [-0.05, 0) is 18.1 Å². The van der Waals surface area contributed by atoms with Crippen molar-refractivity contribution in [1.82, 2.24) is 19.5 Å². The van der Waals surface area contributed by atoms with Crippen LogP contribution in [0.5, 0.6) is 0 Å². The van der Waals surface area contributed by atoms with Crippen molar-refractivity contribution in [3.8, 4) is 0 Å². The Bertz CT molecular complexity index is 711. The molecule has 1 atom stereocenters. The van der Waals surface area contributed by atoms with Crippen molar-refractivity contribution in [3.63, 3.8) is 0 Å². The zero-order valence-electron chi connectivity index (χ0n) is 12.0. The highest BCUT2D eigenvalue weighted by atomic mass is 32.2. The van der Waals surface area contributed by atoms with Crippen molar-refractivity contribution in [2.45, 2.75) is 25.3 Å². The molecule has 0 aliphatic heterocycles. The number of nitrogens with zero attached hydrogens (tertiary/aromatic N) is 3. The SMILES string of the molecule is CC(NS(=O)(=O)Cc1cccc(CN)c1)c1nncn1C. The second-order valence-corrected chi connectivity index (χ2v) is 6.68. The van der Waals surface area contributed by atoms with E-state index in [1.165, 1.54) is 6.33 Å². The third-order valence-corrected chi connectivity index (χ3v) is 4.50. The minimum Gasteiger partial charge on any atom is -0.326 e. The maximum absolute atomic E-state index is 12.2. The highest BCUT2D eigenvalue weighted by molar-refractivity contribution is 7.88. The number of hydrogen-bond acceptors (Lipinski definition) is 5. The first kappa shape index (κ1) is 15.6. The summed E-state index contributed by atoms with van der Waals surface area (Å²) in [6, 6.07) is 6.79. The summed E-state index contributed by atoms with van der Waals surface area (Å²) in [5.74, 6) is 0.470. The van der Waals surface area contributed by atoms with Crippen LogP contribution in [0.3, 0.4) is 0 Å². The minimum absolute atomic E-state index is 0.0942. The lowest BCUT2D eigenvalue weighted by molar-refractivity contribution is 0.552. The Hall–Kier alpha value is -1.77. The molecule has 114 valence electrons. The second kappa shape index (κ2) is 6.33. The summed E-state index contributed by atoms with van der Waals surface area (Å²) < 4.78 is 28.7. The molecule has 1 aromatic carbocycles. The Kier molecular flexibility index (Phi) is 4.71. The number of rotatable bonds is 6. The highest BCUT2D eigenvalue weighted by Crippen LogP contribution is 2.13. The van der Waals surface area contributed by atoms with Crippen LogP contribution in [0.1, 0.15) is 29.9 Å². The average molecular weight is 309 g/mol. The van der Waals surface area contributed by atoms with Gasteiger partial charge in [0.1, 0.15) is 12.2 Å². The third-order valence-electron chi connectivity index (χ3n) is 3.07. The standard InChI is InChI=1S/C13H19N5O2S/c1-10(13-16-15-9-18(13)2)17-21(19,20)8-12-5-3-4-11(6-12)7-14/h3-6,9-10,17H,7-8,14H2,1-2H3. The first-order valence-electron chi connectivity index (χ1n) is 6.53. The molecular formula is C13H19N5O2S. The summed E-state index contributed by atoms with van der Waals surface area (Å²) in [6.45, 7) is 2.12. The summed E-state index contributed by atoms with van der Waals surface area (Å²) >= 11 is 0. The number of nitrogens with two attached hydrogens (primary N) is 1. The van der Waals surface area contributed by atoms with Gasteiger partial charge in [0.15, 0.2) is 0 Å². The molecule has 0 saturated carbocycles. The Morgan fingerprint density at radius 2 is 2.10 bits per heavy atom. The third kappa shape index (κ3) is 4.10. The van der Waals surface area contributed by atoms with Gasteiger partial charge < -0.3 is 10.3 Å². The Labute approximate surface area is 124 Å². The lowest BCUT2D eigenvalue weighted by Crippen LogP contribution is -2.29. The van der Waals surface area contributed by atoms with Gasteiger partial charge in [0, 0.05) is 13.6 Å². The molecule has 0 bridgehead atoms. The quantitative estimate of drug-likeness (QED) is 0.806. The molecule has 3 N–H and O–H groups in total. The fourth-order valence-corrected chi connectivity index (χ4v) is 3.46. The van der Waals surface area contributed by atoms with E-state index in [0.717, 1.165) is 5.56 Å². The molecule has 1 aromatic heterocycles. The molecule has 1 unspecified atom stereocenters. The topological polar surface area (TPSA) is 103 Å². The number of aryl methyl sites for hydroxylation is 1. The maximum atomic E-state index is 12.2.